The molecule has 0 atom stereocenters. The maximum atomic E-state index is 2.07. The van der Waals surface area contributed by atoms with Gasteiger partial charge < -0.3 is 0 Å². The van der Waals surface area contributed by atoms with Crippen molar-refractivity contribution in [2.75, 3.05) is 5.75 Å². The molecule has 38 valence electrons. The van der Waals surface area contributed by atoms with E-state index in [0.717, 1.165) is 0 Å². The molecule has 0 saturated carbocycles. The van der Waals surface area contributed by atoms with Gasteiger partial charge in [-0.3, -0.25) is 0 Å². The van der Waals surface area contributed by atoms with Crippen molar-refractivity contribution in [2.45, 2.75) is 19.3 Å². The van der Waals surface area contributed by atoms with E-state index in [1.807, 2.05) is 0 Å². The van der Waals surface area contributed by atoms with Crippen LogP contribution in [0.4, 0.5) is 0 Å². The van der Waals surface area contributed by atoms with E-state index < -0.39 is 0 Å². The Bertz CT molecular complexity index is 110. The van der Waals surface area contributed by atoms with Crippen molar-refractivity contribution in [3.8, 4) is 0 Å². The molecule has 0 aromatic carbocycles. The lowest BCUT2D eigenvalue weighted by molar-refractivity contribution is 0.939. The topological polar surface area (TPSA) is 0 Å². The third-order valence-corrected chi connectivity index (χ3v) is 2.82. The zero-order valence-electron chi connectivity index (χ0n) is 4.24. The molecule has 0 nitrogen and oxygen atoms in total. The minimum atomic E-state index is 1.38. The van der Waals surface area contributed by atoms with Gasteiger partial charge in [-0.05, 0) is 23.5 Å². The molecule has 0 radical (unpaired) electrons. The molecule has 0 aromatic heterocycles. The first kappa shape index (κ1) is 4.02. The summed E-state index contributed by atoms with van der Waals surface area (Å²) in [6.45, 7) is 0. The van der Waals surface area contributed by atoms with Gasteiger partial charge in [-0.1, -0.05) is 5.57 Å². The largest absolute Gasteiger partial charge is 0.130 e. The van der Waals surface area contributed by atoms with Crippen LogP contribution in [0.1, 0.15) is 19.3 Å². The van der Waals surface area contributed by atoms with Gasteiger partial charge in [-0.2, -0.15) is 0 Å². The number of allylic oxidation sites excluding steroid dienone is 2. The fourth-order valence-corrected chi connectivity index (χ4v) is 2.13. The first-order chi connectivity index (χ1) is 3.47. The van der Waals surface area contributed by atoms with Gasteiger partial charge in [0.25, 0.3) is 0 Å². The highest BCUT2D eigenvalue weighted by atomic mass is 32.2. The van der Waals surface area contributed by atoms with Crippen molar-refractivity contribution < 1.29 is 0 Å². The molecule has 1 aliphatic heterocycles. The monoisotopic (exact) mass is 112 g/mol. The third kappa shape index (κ3) is 0.595. The minimum Gasteiger partial charge on any atom is -0.130 e. The van der Waals surface area contributed by atoms with Crippen LogP contribution in [0, 0.1) is 0 Å². The van der Waals surface area contributed by atoms with Crippen molar-refractivity contribution in [3.63, 3.8) is 0 Å². The lowest BCUT2D eigenvalue weighted by atomic mass is 10.3. The van der Waals surface area contributed by atoms with E-state index in [1.54, 1.807) is 10.5 Å². The second-order valence-corrected chi connectivity index (χ2v) is 3.35. The van der Waals surface area contributed by atoms with Gasteiger partial charge in [0.05, 0.1) is 0 Å². The molecule has 0 bridgehead atoms. The van der Waals surface area contributed by atoms with Gasteiger partial charge in [-0.15, -0.1) is 11.8 Å². The van der Waals surface area contributed by atoms with E-state index in [4.69, 9.17) is 0 Å². The molecule has 2 aliphatic rings. The fraction of sp³-hybridized carbons (Fsp3) is 0.667. The Labute approximate surface area is 48.0 Å². The number of hydrogen-bond donors (Lipinski definition) is 0. The first-order valence-corrected chi connectivity index (χ1v) is 3.79. The average molecular weight is 112 g/mol. The van der Waals surface area contributed by atoms with Gasteiger partial charge in [0.15, 0.2) is 0 Å². The lowest BCUT2D eigenvalue weighted by Crippen LogP contribution is -1.78. The van der Waals surface area contributed by atoms with E-state index in [9.17, 15) is 0 Å². The molecule has 0 aromatic rings. The van der Waals surface area contributed by atoms with Crippen molar-refractivity contribution in [3.05, 3.63) is 10.5 Å². The highest BCUT2D eigenvalue weighted by Crippen LogP contribution is 2.46. The van der Waals surface area contributed by atoms with Gasteiger partial charge >= 0.3 is 0 Å². The summed E-state index contributed by atoms with van der Waals surface area (Å²) in [5.41, 5.74) is 1.76. The summed E-state index contributed by atoms with van der Waals surface area (Å²) < 4.78 is 0. The molecule has 0 N–H and O–H groups in total. The normalized spacial score (nSPS) is 27.4. The number of thioether (sulfide) groups is 1. The minimum absolute atomic E-state index is 1.38. The summed E-state index contributed by atoms with van der Waals surface area (Å²) >= 11 is 2.07. The molecule has 1 aliphatic carbocycles. The smallest absolute Gasteiger partial charge is 0.000374 e. The Balaban J connectivity index is 2.15. The molecule has 1 heteroatoms. The molecule has 0 amide bonds. The van der Waals surface area contributed by atoms with Crippen molar-refractivity contribution >= 4 is 11.8 Å². The summed E-state index contributed by atoms with van der Waals surface area (Å²) in [4.78, 5) is 1.71. The number of hydrogen-bond acceptors (Lipinski definition) is 1. The Kier molecular flexibility index (Phi) is 0.736. The molecule has 0 saturated heterocycles. The van der Waals surface area contributed by atoms with Crippen LogP contribution >= 0.6 is 11.8 Å². The maximum Gasteiger partial charge on any atom is 0.000374 e. The van der Waals surface area contributed by atoms with Crippen LogP contribution in [0.25, 0.3) is 0 Å². The van der Waals surface area contributed by atoms with Gasteiger partial charge in [0.2, 0.25) is 0 Å². The van der Waals surface area contributed by atoms with Crippen LogP contribution in [0.3, 0.4) is 0 Å². The molecule has 0 fully saturated rings. The van der Waals surface area contributed by atoms with Gasteiger partial charge in [-0.25, -0.2) is 0 Å². The fourth-order valence-electron chi connectivity index (χ4n) is 1.01. The van der Waals surface area contributed by atoms with Crippen LogP contribution < -0.4 is 0 Å². The summed E-state index contributed by atoms with van der Waals surface area (Å²) in [6.07, 6.45) is 4.23. The second-order valence-electron chi connectivity index (χ2n) is 2.16. The molecule has 7 heavy (non-hydrogen) atoms. The van der Waals surface area contributed by atoms with E-state index >= 15 is 0 Å². The predicted molar refractivity (Wildman–Crippen MR) is 33.3 cm³/mol. The summed E-state index contributed by atoms with van der Waals surface area (Å²) in [5, 5.41) is 0. The van der Waals surface area contributed by atoms with E-state index in [1.165, 1.54) is 25.0 Å². The van der Waals surface area contributed by atoms with E-state index in [0.29, 0.717) is 0 Å². The van der Waals surface area contributed by atoms with E-state index in [2.05, 4.69) is 11.8 Å². The van der Waals surface area contributed by atoms with Gasteiger partial charge in [0, 0.05) is 6.42 Å². The quantitative estimate of drug-likeness (QED) is 0.463. The molecular formula is C6H8S. The van der Waals surface area contributed by atoms with Crippen LogP contribution in [-0.2, 0) is 0 Å². The molecule has 2 rings (SSSR count). The number of rotatable bonds is 0. The Morgan fingerprint density at radius 1 is 1.43 bits per heavy atom. The molecule has 1 heterocycles. The van der Waals surface area contributed by atoms with Gasteiger partial charge in [0.1, 0.15) is 0 Å². The molecular weight excluding hydrogens is 104 g/mol. The standard InChI is InChI=1S/C6H8S/c1-2-5-4-6(5)7-3-1/h1-4H2. The SMILES string of the molecule is C1CSC2=C(C1)C2. The summed E-state index contributed by atoms with van der Waals surface area (Å²) in [6, 6.07) is 0. The average Bonchev–Trinajstić information content (AvgIpc) is 2.41. The predicted octanol–water partition coefficient (Wildman–Crippen LogP) is 2.17. The Morgan fingerprint density at radius 3 is 3.00 bits per heavy atom. The van der Waals surface area contributed by atoms with Crippen molar-refractivity contribution in [1.29, 1.82) is 0 Å². The zero-order chi connectivity index (χ0) is 4.69. The first-order valence-electron chi connectivity index (χ1n) is 2.80. The maximum absolute atomic E-state index is 2.07. The second kappa shape index (κ2) is 1.28. The molecule has 0 spiro atoms. The van der Waals surface area contributed by atoms with Crippen LogP contribution in [0.2, 0.25) is 0 Å². The highest BCUT2D eigenvalue weighted by Gasteiger charge is 2.23. The van der Waals surface area contributed by atoms with Crippen LogP contribution in [0.15, 0.2) is 10.5 Å². The van der Waals surface area contributed by atoms with Crippen molar-refractivity contribution in [1.82, 2.24) is 0 Å². The van der Waals surface area contributed by atoms with Crippen LogP contribution in [-0.4, -0.2) is 5.75 Å². The zero-order valence-corrected chi connectivity index (χ0v) is 5.05. The third-order valence-electron chi connectivity index (χ3n) is 1.54. The van der Waals surface area contributed by atoms with Crippen molar-refractivity contribution in [2.24, 2.45) is 0 Å². The summed E-state index contributed by atoms with van der Waals surface area (Å²) in [5.74, 6) is 1.39. The summed E-state index contributed by atoms with van der Waals surface area (Å²) in [7, 11) is 0. The Morgan fingerprint density at radius 2 is 2.43 bits per heavy atom. The molecule has 0 unspecified atom stereocenters. The Hall–Kier alpha value is 0.0900. The highest BCUT2D eigenvalue weighted by molar-refractivity contribution is 8.03. The van der Waals surface area contributed by atoms with Crippen LogP contribution in [0.5, 0.6) is 0 Å². The van der Waals surface area contributed by atoms with E-state index in [-0.39, 0.29) is 0 Å². The lowest BCUT2D eigenvalue weighted by Gasteiger charge is -1.96.